The van der Waals surface area contributed by atoms with Crippen molar-refractivity contribution in [3.63, 3.8) is 0 Å². The van der Waals surface area contributed by atoms with E-state index in [0.717, 1.165) is 24.0 Å². The lowest BCUT2D eigenvalue weighted by Gasteiger charge is -2.11. The average molecular weight is 517 g/mol. The molecule has 0 saturated carbocycles. The highest BCUT2D eigenvalue weighted by Crippen LogP contribution is 2.31. The molecule has 8 nitrogen and oxygen atoms in total. The Morgan fingerprint density at radius 1 is 0.829 bits per heavy atom. The third kappa shape index (κ3) is 8.26. The lowest BCUT2D eigenvalue weighted by atomic mass is 10.0. The Balaban J connectivity index is 1.60. The zero-order valence-electron chi connectivity index (χ0n) is 19.7. The molecule has 35 heavy (non-hydrogen) atoms. The van der Waals surface area contributed by atoms with Gasteiger partial charge in [-0.2, -0.15) is 0 Å². The molecular formula is C25H30Cl2N6O2. The van der Waals surface area contributed by atoms with Crippen LogP contribution in [0, 0.1) is 0 Å². The normalized spacial score (nSPS) is 10.7. The zero-order valence-corrected chi connectivity index (χ0v) is 21.2. The summed E-state index contributed by atoms with van der Waals surface area (Å²) in [5.41, 5.74) is 7.64. The fourth-order valence-corrected chi connectivity index (χ4v) is 3.82. The molecule has 1 aromatic heterocycles. The first-order valence-corrected chi connectivity index (χ1v) is 12.5. The Labute approximate surface area is 215 Å². The quantitative estimate of drug-likeness (QED) is 0.227. The first-order chi connectivity index (χ1) is 17.0. The molecule has 0 aliphatic carbocycles. The largest absolute Gasteiger partial charge is 0.337 e. The number of hydrogen-bond acceptors (Lipinski definition) is 4. The van der Waals surface area contributed by atoms with Crippen LogP contribution in [0.2, 0.25) is 10.0 Å². The van der Waals surface area contributed by atoms with Gasteiger partial charge in [-0.15, -0.1) is 5.10 Å². The molecule has 0 radical (unpaired) electrons. The summed E-state index contributed by atoms with van der Waals surface area (Å²) in [6, 6.07) is 13.9. The van der Waals surface area contributed by atoms with Gasteiger partial charge in [0.25, 0.3) is 5.91 Å². The topological polar surface area (TPSA) is 101 Å². The van der Waals surface area contributed by atoms with Crippen LogP contribution < -0.4 is 16.2 Å². The fourth-order valence-electron chi connectivity index (χ4n) is 3.57. The summed E-state index contributed by atoms with van der Waals surface area (Å²) >= 11 is 12.1. The molecule has 0 aliphatic heterocycles. The fraction of sp³-hybridized carbons (Fsp3) is 0.360. The molecule has 0 atom stereocenters. The van der Waals surface area contributed by atoms with Crippen molar-refractivity contribution < 1.29 is 9.59 Å². The molecule has 0 saturated heterocycles. The minimum absolute atomic E-state index is 0.143. The highest BCUT2D eigenvalue weighted by Gasteiger charge is 2.19. The van der Waals surface area contributed by atoms with Crippen LogP contribution in [-0.2, 0) is 11.3 Å². The van der Waals surface area contributed by atoms with Crippen molar-refractivity contribution in [3.05, 3.63) is 58.6 Å². The lowest BCUT2D eigenvalue weighted by molar-refractivity contribution is -0.122. The molecular weight excluding hydrogens is 487 g/mol. The molecule has 3 amide bonds. The number of unbranched alkanes of at least 4 members (excludes halogenated alkanes) is 5. The maximum absolute atomic E-state index is 12.5. The first kappa shape index (κ1) is 26.5. The molecule has 0 aliphatic rings. The number of nitrogens with zero attached hydrogens (tertiary/aromatic N) is 3. The summed E-state index contributed by atoms with van der Waals surface area (Å²) in [4.78, 5) is 24.5. The first-order valence-electron chi connectivity index (χ1n) is 11.8. The molecule has 0 fully saturated rings. The maximum Gasteiger partial charge on any atom is 0.333 e. The third-order valence-electron chi connectivity index (χ3n) is 5.40. The van der Waals surface area contributed by atoms with Crippen molar-refractivity contribution in [1.29, 1.82) is 0 Å². The van der Waals surface area contributed by atoms with Crippen LogP contribution >= 0.6 is 23.2 Å². The number of hydrazine groups is 1. The molecule has 1 heterocycles. The second-order valence-electron chi connectivity index (χ2n) is 8.15. The zero-order chi connectivity index (χ0) is 25.0. The highest BCUT2D eigenvalue weighted by atomic mass is 35.5. The van der Waals surface area contributed by atoms with E-state index in [1.807, 2.05) is 24.3 Å². The Hall–Kier alpha value is -3.10. The van der Waals surface area contributed by atoms with Crippen molar-refractivity contribution in [2.45, 2.75) is 52.0 Å². The van der Waals surface area contributed by atoms with E-state index in [2.05, 4.69) is 33.4 Å². The van der Waals surface area contributed by atoms with E-state index in [1.54, 1.807) is 24.3 Å². The number of nitrogens with one attached hydrogen (secondary N) is 3. The van der Waals surface area contributed by atoms with E-state index < -0.39 is 11.9 Å². The number of hydrogen-bond donors (Lipinski definition) is 3. The Bertz CT molecular complexity index is 1100. The minimum atomic E-state index is -0.453. The second-order valence-corrected chi connectivity index (χ2v) is 9.03. The van der Waals surface area contributed by atoms with Crippen molar-refractivity contribution in [3.8, 4) is 22.5 Å². The van der Waals surface area contributed by atoms with E-state index in [9.17, 15) is 9.59 Å². The molecule has 186 valence electrons. The van der Waals surface area contributed by atoms with Gasteiger partial charge in [-0.1, -0.05) is 91.7 Å². The van der Waals surface area contributed by atoms with Gasteiger partial charge in [0.15, 0.2) is 0 Å². The van der Waals surface area contributed by atoms with Gasteiger partial charge in [-0.3, -0.25) is 10.2 Å². The van der Waals surface area contributed by atoms with Crippen LogP contribution in [0.15, 0.2) is 48.5 Å². The van der Waals surface area contributed by atoms with Crippen LogP contribution in [-0.4, -0.2) is 33.5 Å². The second kappa shape index (κ2) is 13.7. The number of rotatable bonds is 11. The molecule has 0 unspecified atom stereocenters. The third-order valence-corrected chi connectivity index (χ3v) is 5.90. The molecule has 3 aromatic rings. The van der Waals surface area contributed by atoms with Gasteiger partial charge in [0, 0.05) is 27.7 Å². The molecule has 10 heteroatoms. The Morgan fingerprint density at radius 3 is 2.09 bits per heavy atom. The number of aromatic nitrogens is 3. The Morgan fingerprint density at radius 2 is 1.43 bits per heavy atom. The van der Waals surface area contributed by atoms with E-state index in [1.165, 1.54) is 30.4 Å². The highest BCUT2D eigenvalue weighted by molar-refractivity contribution is 6.31. The molecule has 3 N–H and O–H groups in total. The predicted molar refractivity (Wildman–Crippen MR) is 139 cm³/mol. The molecule has 2 aromatic carbocycles. The van der Waals surface area contributed by atoms with Crippen LogP contribution in [0.5, 0.6) is 0 Å². The van der Waals surface area contributed by atoms with Crippen LogP contribution in [0.25, 0.3) is 22.5 Å². The number of benzene rings is 2. The SMILES string of the molecule is CCCCCCCCNC(=O)NNC(=O)Cn1nnc(-c2ccc(Cl)cc2)c1-c1ccc(Cl)cc1. The average Bonchev–Trinajstić information content (AvgIpc) is 3.26. The van der Waals surface area contributed by atoms with Crippen LogP contribution in [0.3, 0.4) is 0 Å². The predicted octanol–water partition coefficient (Wildman–Crippen LogP) is 5.61. The van der Waals surface area contributed by atoms with E-state index >= 15 is 0 Å². The number of amides is 3. The van der Waals surface area contributed by atoms with Gasteiger partial charge in [0.05, 0.1) is 5.69 Å². The molecule has 0 bridgehead atoms. The van der Waals surface area contributed by atoms with E-state index in [0.29, 0.717) is 28.0 Å². The van der Waals surface area contributed by atoms with E-state index in [4.69, 9.17) is 23.2 Å². The number of carbonyl (C=O) groups is 2. The number of halogens is 2. The van der Waals surface area contributed by atoms with Crippen molar-refractivity contribution in [2.24, 2.45) is 0 Å². The maximum atomic E-state index is 12.5. The van der Waals surface area contributed by atoms with Gasteiger partial charge in [0.1, 0.15) is 12.2 Å². The summed E-state index contributed by atoms with van der Waals surface area (Å²) in [7, 11) is 0. The smallest absolute Gasteiger partial charge is 0.333 e. The van der Waals surface area contributed by atoms with Crippen LogP contribution in [0.4, 0.5) is 4.79 Å². The number of carbonyl (C=O) groups excluding carboxylic acids is 2. The molecule has 3 rings (SSSR count). The van der Waals surface area contributed by atoms with Gasteiger partial charge in [-0.25, -0.2) is 14.9 Å². The Kier molecular flexibility index (Phi) is 10.4. The van der Waals surface area contributed by atoms with E-state index in [-0.39, 0.29) is 6.54 Å². The number of urea groups is 1. The minimum Gasteiger partial charge on any atom is -0.337 e. The molecule has 0 spiro atoms. The van der Waals surface area contributed by atoms with Crippen molar-refractivity contribution in [2.75, 3.05) is 6.54 Å². The van der Waals surface area contributed by atoms with Gasteiger partial charge >= 0.3 is 6.03 Å². The lowest BCUT2D eigenvalue weighted by Crippen LogP contribution is -2.48. The van der Waals surface area contributed by atoms with Gasteiger partial charge < -0.3 is 5.32 Å². The van der Waals surface area contributed by atoms with Crippen molar-refractivity contribution in [1.82, 2.24) is 31.2 Å². The summed E-state index contributed by atoms with van der Waals surface area (Å²) in [6.07, 6.45) is 6.81. The van der Waals surface area contributed by atoms with Crippen molar-refractivity contribution >= 4 is 35.1 Å². The van der Waals surface area contributed by atoms with Gasteiger partial charge in [0.2, 0.25) is 0 Å². The summed E-state index contributed by atoms with van der Waals surface area (Å²) < 4.78 is 1.48. The van der Waals surface area contributed by atoms with Crippen LogP contribution in [0.1, 0.15) is 45.4 Å². The van der Waals surface area contributed by atoms with Gasteiger partial charge in [-0.05, 0) is 30.7 Å². The summed E-state index contributed by atoms with van der Waals surface area (Å²) in [6.45, 7) is 2.60. The summed E-state index contributed by atoms with van der Waals surface area (Å²) in [5.74, 6) is -0.442. The monoisotopic (exact) mass is 516 g/mol. The standard InChI is InChI=1S/C25H30Cl2N6O2/c1-2-3-4-5-6-7-16-28-25(35)31-29-22(34)17-33-24(19-10-14-21(27)15-11-19)23(30-32-33)18-8-12-20(26)13-9-18/h8-15H,2-7,16-17H2,1H3,(H,29,34)(H2,28,31,35). The summed E-state index contributed by atoms with van der Waals surface area (Å²) in [5, 5.41) is 12.4.